The molecule has 1 amide bonds. The quantitative estimate of drug-likeness (QED) is 0.915. The molecule has 0 saturated heterocycles. The van der Waals surface area contributed by atoms with Gasteiger partial charge in [0, 0.05) is 6.54 Å². The molecule has 3 nitrogen and oxygen atoms in total. The highest BCUT2D eigenvalue weighted by Gasteiger charge is 2.07. The molecule has 0 aliphatic rings. The van der Waals surface area contributed by atoms with Crippen LogP contribution in [-0.2, 0) is 11.3 Å². The van der Waals surface area contributed by atoms with Crippen molar-refractivity contribution >= 4 is 5.91 Å². The summed E-state index contributed by atoms with van der Waals surface area (Å²) in [5.41, 5.74) is 5.68. The number of amides is 1. The molecule has 0 saturated carbocycles. The van der Waals surface area contributed by atoms with Gasteiger partial charge in [-0.2, -0.15) is 0 Å². The number of rotatable bonds is 5. The van der Waals surface area contributed by atoms with E-state index in [0.717, 1.165) is 22.4 Å². The zero-order chi connectivity index (χ0) is 16.1. The molecule has 2 aromatic carbocycles. The highest BCUT2D eigenvalue weighted by molar-refractivity contribution is 5.77. The van der Waals surface area contributed by atoms with Crippen LogP contribution in [0, 0.1) is 27.7 Å². The lowest BCUT2D eigenvalue weighted by Crippen LogP contribution is -2.28. The fourth-order valence-corrected chi connectivity index (χ4v) is 2.37. The van der Waals surface area contributed by atoms with Gasteiger partial charge in [0.2, 0.25) is 0 Å². The van der Waals surface area contributed by atoms with Crippen molar-refractivity contribution in [3.63, 3.8) is 0 Å². The van der Waals surface area contributed by atoms with Crippen molar-refractivity contribution in [3.8, 4) is 5.75 Å². The second kappa shape index (κ2) is 7.12. The van der Waals surface area contributed by atoms with Gasteiger partial charge in [-0.15, -0.1) is 0 Å². The summed E-state index contributed by atoms with van der Waals surface area (Å²) >= 11 is 0. The molecule has 0 radical (unpaired) electrons. The molecule has 0 heterocycles. The van der Waals surface area contributed by atoms with E-state index in [-0.39, 0.29) is 12.5 Å². The lowest BCUT2D eigenvalue weighted by molar-refractivity contribution is -0.123. The Morgan fingerprint density at radius 2 is 1.82 bits per heavy atom. The van der Waals surface area contributed by atoms with Crippen LogP contribution in [0.25, 0.3) is 0 Å². The first kappa shape index (κ1) is 16.1. The molecule has 3 heteroatoms. The van der Waals surface area contributed by atoms with Crippen LogP contribution in [0.15, 0.2) is 36.4 Å². The Hall–Kier alpha value is -2.29. The highest BCUT2D eigenvalue weighted by atomic mass is 16.5. The number of carbonyl (C=O) groups is 1. The Balaban J connectivity index is 1.88. The van der Waals surface area contributed by atoms with Crippen molar-refractivity contribution in [2.45, 2.75) is 34.2 Å². The van der Waals surface area contributed by atoms with Crippen molar-refractivity contribution < 1.29 is 9.53 Å². The maximum atomic E-state index is 11.9. The van der Waals surface area contributed by atoms with Crippen LogP contribution in [0.5, 0.6) is 5.75 Å². The highest BCUT2D eigenvalue weighted by Crippen LogP contribution is 2.23. The largest absolute Gasteiger partial charge is 0.483 e. The summed E-state index contributed by atoms with van der Waals surface area (Å²) in [4.78, 5) is 11.9. The molecule has 0 unspecified atom stereocenters. The van der Waals surface area contributed by atoms with E-state index in [4.69, 9.17) is 4.74 Å². The maximum Gasteiger partial charge on any atom is 0.258 e. The van der Waals surface area contributed by atoms with Crippen LogP contribution in [-0.4, -0.2) is 12.5 Å². The van der Waals surface area contributed by atoms with E-state index in [1.807, 2.05) is 52.0 Å². The van der Waals surface area contributed by atoms with Gasteiger partial charge in [0.05, 0.1) is 0 Å². The third kappa shape index (κ3) is 4.35. The smallest absolute Gasteiger partial charge is 0.258 e. The molecule has 22 heavy (non-hydrogen) atoms. The Morgan fingerprint density at radius 1 is 1.05 bits per heavy atom. The molecular formula is C19H23NO2. The van der Waals surface area contributed by atoms with Crippen LogP contribution < -0.4 is 10.1 Å². The van der Waals surface area contributed by atoms with Gasteiger partial charge in [-0.1, -0.05) is 35.9 Å². The number of benzene rings is 2. The summed E-state index contributed by atoms with van der Waals surface area (Å²) in [6.07, 6.45) is 0. The van der Waals surface area contributed by atoms with E-state index in [2.05, 4.69) is 17.4 Å². The second-order valence-electron chi connectivity index (χ2n) is 5.76. The summed E-state index contributed by atoms with van der Waals surface area (Å²) < 4.78 is 5.66. The fraction of sp³-hybridized carbons (Fsp3) is 0.316. The monoisotopic (exact) mass is 297 g/mol. The number of ether oxygens (including phenoxy) is 1. The van der Waals surface area contributed by atoms with Crippen LogP contribution in [0.4, 0.5) is 0 Å². The zero-order valence-corrected chi connectivity index (χ0v) is 13.7. The molecule has 0 spiro atoms. The van der Waals surface area contributed by atoms with Crippen LogP contribution in [0.1, 0.15) is 27.8 Å². The van der Waals surface area contributed by atoms with Gasteiger partial charge in [0.25, 0.3) is 5.91 Å². The first-order chi connectivity index (χ1) is 10.5. The number of carbonyl (C=O) groups excluding carboxylic acids is 1. The molecule has 1 N–H and O–H groups in total. The first-order valence-electron chi connectivity index (χ1n) is 7.48. The summed E-state index contributed by atoms with van der Waals surface area (Å²) in [5.74, 6) is 0.670. The molecule has 0 bridgehead atoms. The summed E-state index contributed by atoms with van der Waals surface area (Å²) in [6.45, 7) is 8.68. The van der Waals surface area contributed by atoms with E-state index in [0.29, 0.717) is 6.54 Å². The number of hydrogen-bond acceptors (Lipinski definition) is 2. The second-order valence-corrected chi connectivity index (χ2v) is 5.76. The molecule has 0 fully saturated rings. The number of aryl methyl sites for hydroxylation is 3. The Bertz CT molecular complexity index is 677. The zero-order valence-electron chi connectivity index (χ0n) is 13.7. The van der Waals surface area contributed by atoms with Crippen molar-refractivity contribution in [2.75, 3.05) is 6.61 Å². The minimum absolute atomic E-state index is 0.0373. The maximum absolute atomic E-state index is 11.9. The molecular weight excluding hydrogens is 274 g/mol. The van der Waals surface area contributed by atoms with Gasteiger partial charge in [0.1, 0.15) is 5.75 Å². The van der Waals surface area contributed by atoms with Crippen LogP contribution in [0.2, 0.25) is 0 Å². The fourth-order valence-electron chi connectivity index (χ4n) is 2.37. The number of nitrogens with one attached hydrogen (secondary N) is 1. The van der Waals surface area contributed by atoms with E-state index < -0.39 is 0 Å². The average Bonchev–Trinajstić information content (AvgIpc) is 2.47. The third-order valence-electron chi connectivity index (χ3n) is 3.69. The molecule has 0 atom stereocenters. The van der Waals surface area contributed by atoms with E-state index >= 15 is 0 Å². The van der Waals surface area contributed by atoms with Crippen molar-refractivity contribution in [2.24, 2.45) is 0 Å². The van der Waals surface area contributed by atoms with Crippen LogP contribution >= 0.6 is 0 Å². The lowest BCUT2D eigenvalue weighted by Gasteiger charge is -2.12. The normalized spacial score (nSPS) is 10.4. The molecule has 0 aliphatic carbocycles. The minimum atomic E-state index is -0.111. The third-order valence-corrected chi connectivity index (χ3v) is 3.69. The van der Waals surface area contributed by atoms with Gasteiger partial charge >= 0.3 is 0 Å². The molecule has 116 valence electrons. The van der Waals surface area contributed by atoms with E-state index in [9.17, 15) is 4.79 Å². The molecule has 2 rings (SSSR count). The summed E-state index contributed by atoms with van der Waals surface area (Å²) in [5, 5.41) is 2.88. The lowest BCUT2D eigenvalue weighted by atomic mass is 10.1. The Kier molecular flexibility index (Phi) is 5.21. The average molecular weight is 297 g/mol. The SMILES string of the molecule is Cc1cccc(CNC(=O)COc2cc(C)cc(C)c2C)c1. The van der Waals surface area contributed by atoms with Crippen molar-refractivity contribution in [1.82, 2.24) is 5.32 Å². The predicted octanol–water partition coefficient (Wildman–Crippen LogP) is 3.62. The predicted molar refractivity (Wildman–Crippen MR) is 89.2 cm³/mol. The summed E-state index contributed by atoms with van der Waals surface area (Å²) in [6, 6.07) is 12.2. The molecule has 0 aliphatic heterocycles. The van der Waals surface area contributed by atoms with E-state index in [1.165, 1.54) is 11.1 Å². The van der Waals surface area contributed by atoms with Gasteiger partial charge in [-0.25, -0.2) is 0 Å². The van der Waals surface area contributed by atoms with Gasteiger partial charge in [-0.3, -0.25) is 4.79 Å². The van der Waals surface area contributed by atoms with Gasteiger partial charge in [-0.05, 0) is 56.0 Å². The number of hydrogen-bond donors (Lipinski definition) is 1. The van der Waals surface area contributed by atoms with Crippen molar-refractivity contribution in [3.05, 3.63) is 64.2 Å². The minimum Gasteiger partial charge on any atom is -0.483 e. The standard InChI is InChI=1S/C19H23NO2/c1-13-6-5-7-17(9-13)11-20-19(21)12-22-18-10-14(2)8-15(3)16(18)4/h5-10H,11-12H2,1-4H3,(H,20,21). The van der Waals surface area contributed by atoms with Crippen LogP contribution in [0.3, 0.4) is 0 Å². The van der Waals surface area contributed by atoms with E-state index in [1.54, 1.807) is 0 Å². The van der Waals surface area contributed by atoms with Gasteiger partial charge in [0.15, 0.2) is 6.61 Å². The Morgan fingerprint density at radius 3 is 2.55 bits per heavy atom. The molecule has 2 aromatic rings. The molecule has 0 aromatic heterocycles. The Labute approximate surface area is 132 Å². The van der Waals surface area contributed by atoms with Gasteiger partial charge < -0.3 is 10.1 Å². The first-order valence-corrected chi connectivity index (χ1v) is 7.48. The van der Waals surface area contributed by atoms with Crippen molar-refractivity contribution in [1.29, 1.82) is 0 Å². The topological polar surface area (TPSA) is 38.3 Å². The summed E-state index contributed by atoms with van der Waals surface area (Å²) in [7, 11) is 0.